The fourth-order valence-corrected chi connectivity index (χ4v) is 2.27. The zero-order valence-electron chi connectivity index (χ0n) is 14.3. The third-order valence-corrected chi connectivity index (χ3v) is 3.46. The largest absolute Gasteiger partial charge is 0.354 e. The van der Waals surface area contributed by atoms with Crippen LogP contribution in [0.4, 0.5) is 10.1 Å². The topological polar surface area (TPSA) is 87.3 Å². The first-order valence-corrected chi connectivity index (χ1v) is 8.11. The molecular formula is C19H20FN3O3. The third kappa shape index (κ3) is 6.35. The van der Waals surface area contributed by atoms with Gasteiger partial charge < -0.3 is 16.0 Å². The Morgan fingerprint density at radius 2 is 1.65 bits per heavy atom. The summed E-state index contributed by atoms with van der Waals surface area (Å²) in [6.45, 7) is 1.93. The van der Waals surface area contributed by atoms with Gasteiger partial charge >= 0.3 is 0 Å². The molecular weight excluding hydrogens is 337 g/mol. The molecule has 0 heterocycles. The van der Waals surface area contributed by atoms with Gasteiger partial charge in [0.2, 0.25) is 11.8 Å². The molecule has 0 unspecified atom stereocenters. The van der Waals surface area contributed by atoms with Crippen molar-refractivity contribution in [2.45, 2.75) is 13.3 Å². The van der Waals surface area contributed by atoms with Gasteiger partial charge in [-0.1, -0.05) is 18.2 Å². The van der Waals surface area contributed by atoms with E-state index in [1.807, 2.05) is 0 Å². The maximum Gasteiger partial charge on any atom is 0.251 e. The SMILES string of the molecule is CC(=O)Nc1cccc(C(=O)NCCNC(=O)Cc2ccc(F)cc2)c1. The number of hydrogen-bond donors (Lipinski definition) is 3. The Bertz CT molecular complexity index is 791. The second-order valence-corrected chi connectivity index (χ2v) is 5.67. The molecule has 0 aliphatic heterocycles. The average Bonchev–Trinajstić information content (AvgIpc) is 2.60. The van der Waals surface area contributed by atoms with Gasteiger partial charge in [-0.3, -0.25) is 14.4 Å². The van der Waals surface area contributed by atoms with E-state index in [1.54, 1.807) is 36.4 Å². The summed E-state index contributed by atoms with van der Waals surface area (Å²) < 4.78 is 12.8. The van der Waals surface area contributed by atoms with Crippen LogP contribution in [0.2, 0.25) is 0 Å². The van der Waals surface area contributed by atoms with Crippen LogP contribution in [0.1, 0.15) is 22.8 Å². The van der Waals surface area contributed by atoms with Gasteiger partial charge in [0.25, 0.3) is 5.91 Å². The summed E-state index contributed by atoms with van der Waals surface area (Å²) in [5.74, 6) is -1.07. The number of amides is 3. The van der Waals surface area contributed by atoms with Crippen molar-refractivity contribution in [1.82, 2.24) is 10.6 Å². The van der Waals surface area contributed by atoms with Crippen LogP contribution in [0.5, 0.6) is 0 Å². The molecule has 7 heteroatoms. The molecule has 0 aromatic heterocycles. The summed E-state index contributed by atoms with van der Waals surface area (Å²) in [5.41, 5.74) is 1.66. The van der Waals surface area contributed by atoms with Gasteiger partial charge in [0, 0.05) is 31.3 Å². The molecule has 3 amide bonds. The highest BCUT2D eigenvalue weighted by atomic mass is 19.1. The zero-order valence-corrected chi connectivity index (χ0v) is 14.3. The number of hydrogen-bond acceptors (Lipinski definition) is 3. The van der Waals surface area contributed by atoms with Gasteiger partial charge in [-0.05, 0) is 35.9 Å². The van der Waals surface area contributed by atoms with Gasteiger partial charge in [0.05, 0.1) is 6.42 Å². The second kappa shape index (κ2) is 9.31. The molecule has 2 aromatic rings. The standard InChI is InChI=1S/C19H20FN3O3/c1-13(24)23-17-4-2-3-15(12-17)19(26)22-10-9-21-18(25)11-14-5-7-16(20)8-6-14/h2-8,12H,9-11H2,1H3,(H,21,25)(H,22,26)(H,23,24). The minimum absolute atomic E-state index is 0.146. The molecule has 0 atom stereocenters. The van der Waals surface area contributed by atoms with Gasteiger partial charge in [0.15, 0.2) is 0 Å². The lowest BCUT2D eigenvalue weighted by atomic mass is 10.1. The molecule has 0 aliphatic carbocycles. The lowest BCUT2D eigenvalue weighted by molar-refractivity contribution is -0.120. The van der Waals surface area contributed by atoms with Crippen molar-refractivity contribution in [3.8, 4) is 0 Å². The van der Waals surface area contributed by atoms with Crippen molar-refractivity contribution < 1.29 is 18.8 Å². The van der Waals surface area contributed by atoms with E-state index in [1.165, 1.54) is 19.1 Å². The quantitative estimate of drug-likeness (QED) is 0.661. The van der Waals surface area contributed by atoms with Gasteiger partial charge in [-0.25, -0.2) is 4.39 Å². The highest BCUT2D eigenvalue weighted by Gasteiger charge is 2.07. The number of carbonyl (C=O) groups excluding carboxylic acids is 3. The van der Waals surface area contributed by atoms with Crippen LogP contribution in [0, 0.1) is 5.82 Å². The van der Waals surface area contributed by atoms with E-state index in [2.05, 4.69) is 16.0 Å². The molecule has 0 saturated carbocycles. The third-order valence-electron chi connectivity index (χ3n) is 3.46. The van der Waals surface area contributed by atoms with Crippen LogP contribution < -0.4 is 16.0 Å². The number of nitrogens with one attached hydrogen (secondary N) is 3. The molecule has 0 aliphatic rings. The summed E-state index contributed by atoms with van der Waals surface area (Å²) in [4.78, 5) is 34.9. The maximum absolute atomic E-state index is 12.8. The number of halogens is 1. The Hall–Kier alpha value is -3.22. The molecule has 26 heavy (non-hydrogen) atoms. The number of rotatable bonds is 7. The Balaban J connectivity index is 1.73. The van der Waals surface area contributed by atoms with Crippen molar-refractivity contribution in [3.63, 3.8) is 0 Å². The van der Waals surface area contributed by atoms with E-state index in [0.29, 0.717) is 16.8 Å². The first-order valence-electron chi connectivity index (χ1n) is 8.11. The molecule has 2 aromatic carbocycles. The monoisotopic (exact) mass is 357 g/mol. The summed E-state index contributed by atoms with van der Waals surface area (Å²) in [6, 6.07) is 12.3. The van der Waals surface area contributed by atoms with E-state index in [-0.39, 0.29) is 43.0 Å². The maximum atomic E-state index is 12.8. The van der Waals surface area contributed by atoms with Crippen molar-refractivity contribution in [2.75, 3.05) is 18.4 Å². The normalized spacial score (nSPS) is 10.1. The number of anilines is 1. The highest BCUT2D eigenvalue weighted by Crippen LogP contribution is 2.10. The minimum Gasteiger partial charge on any atom is -0.354 e. The fourth-order valence-electron chi connectivity index (χ4n) is 2.27. The fraction of sp³-hybridized carbons (Fsp3) is 0.211. The Kier molecular flexibility index (Phi) is 6.84. The molecule has 3 N–H and O–H groups in total. The zero-order chi connectivity index (χ0) is 18.9. The number of carbonyl (C=O) groups is 3. The van der Waals surface area contributed by atoms with E-state index in [0.717, 1.165) is 0 Å². The van der Waals surface area contributed by atoms with Crippen LogP contribution in [-0.2, 0) is 16.0 Å². The van der Waals surface area contributed by atoms with Crippen molar-refractivity contribution >= 4 is 23.4 Å². The summed E-state index contributed by atoms with van der Waals surface area (Å²) in [6.07, 6.45) is 0.146. The van der Waals surface area contributed by atoms with Gasteiger partial charge in [-0.15, -0.1) is 0 Å². The van der Waals surface area contributed by atoms with E-state index in [4.69, 9.17) is 0 Å². The summed E-state index contributed by atoms with van der Waals surface area (Å²) >= 11 is 0. The summed E-state index contributed by atoms with van der Waals surface area (Å²) in [7, 11) is 0. The van der Waals surface area contributed by atoms with Crippen molar-refractivity contribution in [2.24, 2.45) is 0 Å². The van der Waals surface area contributed by atoms with Crippen LogP contribution in [0.3, 0.4) is 0 Å². The van der Waals surface area contributed by atoms with Crippen molar-refractivity contribution in [3.05, 3.63) is 65.5 Å². The second-order valence-electron chi connectivity index (χ2n) is 5.67. The van der Waals surface area contributed by atoms with Crippen LogP contribution in [-0.4, -0.2) is 30.8 Å². The van der Waals surface area contributed by atoms with Crippen molar-refractivity contribution in [1.29, 1.82) is 0 Å². The molecule has 0 fully saturated rings. The lowest BCUT2D eigenvalue weighted by Crippen LogP contribution is -2.35. The smallest absolute Gasteiger partial charge is 0.251 e. The van der Waals surface area contributed by atoms with E-state index < -0.39 is 0 Å². The number of benzene rings is 2. The van der Waals surface area contributed by atoms with Crippen LogP contribution >= 0.6 is 0 Å². The first-order chi connectivity index (χ1) is 12.4. The molecule has 0 spiro atoms. The Labute approximate surface area is 150 Å². The Morgan fingerprint density at radius 1 is 0.962 bits per heavy atom. The average molecular weight is 357 g/mol. The molecule has 0 saturated heterocycles. The molecule has 6 nitrogen and oxygen atoms in total. The van der Waals surface area contributed by atoms with E-state index in [9.17, 15) is 18.8 Å². The molecule has 136 valence electrons. The first kappa shape index (κ1) is 19.1. The minimum atomic E-state index is -0.348. The van der Waals surface area contributed by atoms with Crippen LogP contribution in [0.25, 0.3) is 0 Å². The molecule has 0 bridgehead atoms. The highest BCUT2D eigenvalue weighted by molar-refractivity contribution is 5.96. The van der Waals surface area contributed by atoms with Gasteiger partial charge in [-0.2, -0.15) is 0 Å². The Morgan fingerprint density at radius 3 is 2.35 bits per heavy atom. The predicted molar refractivity (Wildman–Crippen MR) is 96.2 cm³/mol. The van der Waals surface area contributed by atoms with Gasteiger partial charge in [0.1, 0.15) is 5.82 Å². The predicted octanol–water partition coefficient (Wildman–Crippen LogP) is 1.87. The van der Waals surface area contributed by atoms with Crippen LogP contribution in [0.15, 0.2) is 48.5 Å². The molecule has 2 rings (SSSR count). The molecule has 0 radical (unpaired) electrons. The lowest BCUT2D eigenvalue weighted by Gasteiger charge is -2.09. The summed E-state index contributed by atoms with van der Waals surface area (Å²) in [5, 5.41) is 7.99. The van der Waals surface area contributed by atoms with E-state index >= 15 is 0 Å².